The Morgan fingerprint density at radius 1 is 0.963 bits per heavy atom. The maximum absolute atomic E-state index is 13.6. The van der Waals surface area contributed by atoms with Gasteiger partial charge in [-0.3, -0.25) is 0 Å². The summed E-state index contributed by atoms with van der Waals surface area (Å²) in [4.78, 5) is 8.84. The standard InChI is InChI=1S/C18H9ClF2N6/c19-13-7-15(21)14(20)6-11(13)16-24-18-12-8-23-27(10-4-2-1-3-5-10)17(12)22-9-26(18)25-16/h1-9H. The molecule has 0 aliphatic heterocycles. The minimum atomic E-state index is -1.03. The summed E-state index contributed by atoms with van der Waals surface area (Å²) in [6.45, 7) is 0. The van der Waals surface area contributed by atoms with Crippen LogP contribution in [0.4, 0.5) is 8.78 Å². The number of nitrogens with zero attached hydrogens (tertiary/aromatic N) is 6. The molecule has 5 rings (SSSR count). The van der Waals surface area contributed by atoms with Gasteiger partial charge in [-0.05, 0) is 24.3 Å². The number of halogens is 3. The van der Waals surface area contributed by atoms with Gasteiger partial charge < -0.3 is 0 Å². The fraction of sp³-hybridized carbons (Fsp3) is 0. The van der Waals surface area contributed by atoms with Gasteiger partial charge in [0.15, 0.2) is 28.8 Å². The van der Waals surface area contributed by atoms with Crippen LogP contribution >= 0.6 is 11.6 Å². The number of rotatable bonds is 2. The van der Waals surface area contributed by atoms with E-state index >= 15 is 0 Å². The molecule has 0 spiro atoms. The average molecular weight is 383 g/mol. The van der Waals surface area contributed by atoms with Crippen molar-refractivity contribution in [2.45, 2.75) is 0 Å². The summed E-state index contributed by atoms with van der Waals surface area (Å²) in [6.07, 6.45) is 3.12. The van der Waals surface area contributed by atoms with Crippen LogP contribution < -0.4 is 0 Å². The predicted molar refractivity (Wildman–Crippen MR) is 95.8 cm³/mol. The van der Waals surface area contributed by atoms with Crippen LogP contribution in [0, 0.1) is 11.6 Å². The summed E-state index contributed by atoms with van der Waals surface area (Å²) in [5.41, 5.74) is 2.14. The van der Waals surface area contributed by atoms with E-state index in [0.717, 1.165) is 17.8 Å². The van der Waals surface area contributed by atoms with E-state index < -0.39 is 11.6 Å². The van der Waals surface area contributed by atoms with Crippen molar-refractivity contribution in [3.63, 3.8) is 0 Å². The van der Waals surface area contributed by atoms with E-state index in [1.165, 1.54) is 10.8 Å². The topological polar surface area (TPSA) is 60.9 Å². The van der Waals surface area contributed by atoms with E-state index in [-0.39, 0.29) is 16.4 Å². The highest BCUT2D eigenvalue weighted by molar-refractivity contribution is 6.33. The molecule has 0 radical (unpaired) electrons. The van der Waals surface area contributed by atoms with Gasteiger partial charge in [0.25, 0.3) is 0 Å². The third-order valence-corrected chi connectivity index (χ3v) is 4.47. The molecule has 0 fully saturated rings. The zero-order valence-corrected chi connectivity index (χ0v) is 14.3. The first-order valence-electron chi connectivity index (χ1n) is 7.91. The Hall–Kier alpha value is -3.39. The van der Waals surface area contributed by atoms with Gasteiger partial charge in [0.05, 0.1) is 22.3 Å². The van der Waals surface area contributed by atoms with Crippen LogP contribution in [0.3, 0.4) is 0 Å². The molecule has 0 saturated heterocycles. The van der Waals surface area contributed by atoms with Crippen molar-refractivity contribution in [1.82, 2.24) is 29.4 Å². The van der Waals surface area contributed by atoms with Crippen molar-refractivity contribution in [3.05, 3.63) is 71.6 Å². The number of para-hydroxylation sites is 1. The van der Waals surface area contributed by atoms with Crippen LogP contribution in [-0.2, 0) is 0 Å². The number of benzene rings is 2. The molecular weight excluding hydrogens is 374 g/mol. The molecule has 132 valence electrons. The molecule has 3 heterocycles. The molecule has 0 atom stereocenters. The van der Waals surface area contributed by atoms with E-state index in [4.69, 9.17) is 11.6 Å². The normalized spacial score (nSPS) is 11.5. The second kappa shape index (κ2) is 5.82. The first-order valence-corrected chi connectivity index (χ1v) is 8.29. The van der Waals surface area contributed by atoms with Gasteiger partial charge in [-0.2, -0.15) is 5.10 Å². The molecule has 0 aliphatic rings. The van der Waals surface area contributed by atoms with E-state index in [1.807, 2.05) is 30.3 Å². The summed E-state index contributed by atoms with van der Waals surface area (Å²) in [5, 5.41) is 9.35. The van der Waals surface area contributed by atoms with Crippen LogP contribution in [0.15, 0.2) is 55.0 Å². The molecular formula is C18H9ClF2N6. The Labute approximate surface area is 155 Å². The van der Waals surface area contributed by atoms with Crippen LogP contribution in [-0.4, -0.2) is 29.4 Å². The first kappa shape index (κ1) is 15.8. The predicted octanol–water partition coefficient (Wildman–Crippen LogP) is 4.06. The highest BCUT2D eigenvalue weighted by Crippen LogP contribution is 2.29. The Morgan fingerprint density at radius 2 is 1.74 bits per heavy atom. The molecule has 27 heavy (non-hydrogen) atoms. The molecule has 0 aliphatic carbocycles. The lowest BCUT2D eigenvalue weighted by molar-refractivity contribution is 0.509. The maximum Gasteiger partial charge on any atom is 0.183 e. The number of hydrogen-bond acceptors (Lipinski definition) is 4. The van der Waals surface area contributed by atoms with Crippen LogP contribution in [0.25, 0.3) is 33.8 Å². The van der Waals surface area contributed by atoms with Gasteiger partial charge in [0.2, 0.25) is 0 Å². The average Bonchev–Trinajstić information content (AvgIpc) is 3.29. The van der Waals surface area contributed by atoms with Gasteiger partial charge in [0.1, 0.15) is 6.33 Å². The first-order chi connectivity index (χ1) is 13.1. The second-order valence-corrected chi connectivity index (χ2v) is 6.23. The largest absolute Gasteiger partial charge is 0.216 e. The number of aromatic nitrogens is 6. The van der Waals surface area contributed by atoms with Crippen molar-refractivity contribution >= 4 is 28.3 Å². The third-order valence-electron chi connectivity index (χ3n) is 4.16. The number of hydrogen-bond donors (Lipinski definition) is 0. The highest BCUT2D eigenvalue weighted by atomic mass is 35.5. The minimum Gasteiger partial charge on any atom is -0.216 e. The zero-order chi connectivity index (χ0) is 18.5. The van der Waals surface area contributed by atoms with E-state index in [1.54, 1.807) is 10.9 Å². The van der Waals surface area contributed by atoms with Crippen molar-refractivity contribution in [3.8, 4) is 17.1 Å². The molecule has 9 heteroatoms. The summed E-state index contributed by atoms with van der Waals surface area (Å²) in [7, 11) is 0. The molecule has 3 aromatic heterocycles. The van der Waals surface area contributed by atoms with Crippen LogP contribution in [0.2, 0.25) is 5.02 Å². The van der Waals surface area contributed by atoms with Gasteiger partial charge >= 0.3 is 0 Å². The lowest BCUT2D eigenvalue weighted by Crippen LogP contribution is -1.98. The lowest BCUT2D eigenvalue weighted by atomic mass is 10.2. The Kier molecular flexibility index (Phi) is 3.41. The van der Waals surface area contributed by atoms with Gasteiger partial charge in [-0.15, -0.1) is 5.10 Å². The van der Waals surface area contributed by atoms with E-state index in [9.17, 15) is 8.78 Å². The summed E-state index contributed by atoms with van der Waals surface area (Å²) in [5.74, 6) is -1.88. The van der Waals surface area contributed by atoms with Gasteiger partial charge in [-0.1, -0.05) is 29.8 Å². The van der Waals surface area contributed by atoms with E-state index in [0.29, 0.717) is 16.7 Å². The maximum atomic E-state index is 13.6. The van der Waals surface area contributed by atoms with Crippen LogP contribution in [0.5, 0.6) is 0 Å². The molecule has 2 aromatic carbocycles. The molecule has 0 amide bonds. The third kappa shape index (κ3) is 2.45. The van der Waals surface area contributed by atoms with Gasteiger partial charge in [0, 0.05) is 5.56 Å². The lowest BCUT2D eigenvalue weighted by Gasteiger charge is -2.01. The molecule has 0 unspecified atom stereocenters. The smallest absolute Gasteiger partial charge is 0.183 e. The molecule has 5 aromatic rings. The fourth-order valence-electron chi connectivity index (χ4n) is 2.89. The van der Waals surface area contributed by atoms with Gasteiger partial charge in [-0.25, -0.2) is 27.9 Å². The molecule has 6 nitrogen and oxygen atoms in total. The van der Waals surface area contributed by atoms with Crippen molar-refractivity contribution < 1.29 is 8.78 Å². The quantitative estimate of drug-likeness (QED) is 0.432. The molecule has 0 N–H and O–H groups in total. The number of fused-ring (bicyclic) bond motifs is 3. The summed E-state index contributed by atoms with van der Waals surface area (Å²) >= 11 is 6.04. The Morgan fingerprint density at radius 3 is 2.56 bits per heavy atom. The van der Waals surface area contributed by atoms with Crippen molar-refractivity contribution in [2.75, 3.05) is 0 Å². The van der Waals surface area contributed by atoms with Crippen LogP contribution in [0.1, 0.15) is 0 Å². The Bertz CT molecular complexity index is 1310. The molecule has 0 saturated carbocycles. The molecule has 0 bridgehead atoms. The highest BCUT2D eigenvalue weighted by Gasteiger charge is 2.17. The zero-order valence-electron chi connectivity index (χ0n) is 13.5. The monoisotopic (exact) mass is 382 g/mol. The minimum absolute atomic E-state index is 0.0222. The summed E-state index contributed by atoms with van der Waals surface area (Å²) < 4.78 is 30.1. The van der Waals surface area contributed by atoms with E-state index in [2.05, 4.69) is 20.2 Å². The summed E-state index contributed by atoms with van der Waals surface area (Å²) in [6, 6.07) is 11.4. The van der Waals surface area contributed by atoms with Crippen molar-refractivity contribution in [1.29, 1.82) is 0 Å². The SMILES string of the molecule is Fc1cc(Cl)c(-c2nc3c4cnn(-c5ccccc5)c4ncn3n2)cc1F. The fourth-order valence-corrected chi connectivity index (χ4v) is 3.12. The Balaban J connectivity index is 1.72. The second-order valence-electron chi connectivity index (χ2n) is 5.82. The van der Waals surface area contributed by atoms with Crippen molar-refractivity contribution in [2.24, 2.45) is 0 Å².